The van der Waals surface area contributed by atoms with Gasteiger partial charge in [0.05, 0.1) is 24.1 Å². The number of hydrogen-bond donors (Lipinski definition) is 1. The van der Waals surface area contributed by atoms with Crippen LogP contribution in [0.15, 0.2) is 42.5 Å². The smallest absolute Gasteiger partial charge is 0.234 e. The molecule has 0 unspecified atom stereocenters. The van der Waals surface area contributed by atoms with Crippen LogP contribution in [0.3, 0.4) is 0 Å². The normalized spacial score (nSPS) is 14.0. The fourth-order valence-corrected chi connectivity index (χ4v) is 3.62. The average molecular weight is 334 g/mol. The van der Waals surface area contributed by atoms with E-state index in [2.05, 4.69) is 57.0 Å². The van der Waals surface area contributed by atoms with E-state index in [4.69, 9.17) is 0 Å². The highest BCUT2D eigenvalue weighted by molar-refractivity contribution is 5.80. The molecular weight excluding hydrogens is 312 g/mol. The highest BCUT2D eigenvalue weighted by Gasteiger charge is 2.20. The molecule has 2 heterocycles. The van der Waals surface area contributed by atoms with Crippen molar-refractivity contribution in [2.45, 2.75) is 26.6 Å². The van der Waals surface area contributed by atoms with Crippen molar-refractivity contribution in [2.75, 3.05) is 6.54 Å². The quantitative estimate of drug-likeness (QED) is 0.798. The SMILES string of the molecule is Cc1cccc2nc(CNC(=O)CN3Cc4ccccc4C3)n(C)c12. The lowest BCUT2D eigenvalue weighted by molar-refractivity contribution is -0.122. The number of hydrogen-bond acceptors (Lipinski definition) is 3. The third kappa shape index (κ3) is 3.03. The molecule has 1 amide bonds. The lowest BCUT2D eigenvalue weighted by Crippen LogP contribution is -2.34. The maximum absolute atomic E-state index is 12.3. The van der Waals surface area contributed by atoms with Gasteiger partial charge in [0.15, 0.2) is 0 Å². The van der Waals surface area contributed by atoms with Gasteiger partial charge in [0.25, 0.3) is 0 Å². The highest BCUT2D eigenvalue weighted by Crippen LogP contribution is 2.21. The zero-order valence-electron chi connectivity index (χ0n) is 14.6. The Balaban J connectivity index is 1.38. The van der Waals surface area contributed by atoms with Gasteiger partial charge in [0.1, 0.15) is 5.82 Å². The van der Waals surface area contributed by atoms with Crippen LogP contribution in [0.4, 0.5) is 0 Å². The third-order valence-electron chi connectivity index (χ3n) is 4.91. The summed E-state index contributed by atoms with van der Waals surface area (Å²) in [5.74, 6) is 0.916. The fourth-order valence-electron chi connectivity index (χ4n) is 3.62. The third-order valence-corrected chi connectivity index (χ3v) is 4.91. The second-order valence-corrected chi connectivity index (χ2v) is 6.72. The number of nitrogens with zero attached hydrogens (tertiary/aromatic N) is 3. The maximum Gasteiger partial charge on any atom is 0.234 e. The molecule has 0 spiro atoms. The zero-order valence-corrected chi connectivity index (χ0v) is 14.6. The molecule has 5 heteroatoms. The summed E-state index contributed by atoms with van der Waals surface area (Å²) in [4.78, 5) is 19.1. The van der Waals surface area contributed by atoms with E-state index in [1.54, 1.807) is 0 Å². The van der Waals surface area contributed by atoms with E-state index in [0.29, 0.717) is 13.1 Å². The Morgan fingerprint density at radius 2 is 1.84 bits per heavy atom. The molecular formula is C20H22N4O. The Hall–Kier alpha value is -2.66. The van der Waals surface area contributed by atoms with Gasteiger partial charge in [-0.25, -0.2) is 4.98 Å². The first-order chi connectivity index (χ1) is 12.1. The van der Waals surface area contributed by atoms with Crippen LogP contribution in [-0.4, -0.2) is 26.9 Å². The van der Waals surface area contributed by atoms with Crippen LogP contribution in [0.25, 0.3) is 11.0 Å². The van der Waals surface area contributed by atoms with Gasteiger partial charge in [0.2, 0.25) is 5.91 Å². The van der Waals surface area contributed by atoms with Crippen LogP contribution < -0.4 is 5.32 Å². The minimum absolute atomic E-state index is 0.0385. The highest BCUT2D eigenvalue weighted by atomic mass is 16.2. The Morgan fingerprint density at radius 3 is 2.52 bits per heavy atom. The van der Waals surface area contributed by atoms with Crippen LogP contribution in [0.5, 0.6) is 0 Å². The number of imidazole rings is 1. The van der Waals surface area contributed by atoms with Gasteiger partial charge in [-0.05, 0) is 29.7 Å². The van der Waals surface area contributed by atoms with Crippen molar-refractivity contribution >= 4 is 16.9 Å². The number of nitrogens with one attached hydrogen (secondary N) is 1. The topological polar surface area (TPSA) is 50.2 Å². The number of rotatable bonds is 4. The molecule has 1 aliphatic rings. The Kier molecular flexibility index (Phi) is 4.01. The van der Waals surface area contributed by atoms with Crippen LogP contribution in [0, 0.1) is 6.92 Å². The molecule has 1 N–H and O–H groups in total. The molecule has 25 heavy (non-hydrogen) atoms. The molecule has 1 aliphatic heterocycles. The van der Waals surface area contributed by atoms with E-state index in [-0.39, 0.29) is 5.91 Å². The average Bonchev–Trinajstić information content (AvgIpc) is 3.14. The van der Waals surface area contributed by atoms with E-state index in [1.807, 2.05) is 19.2 Å². The zero-order chi connectivity index (χ0) is 17.4. The summed E-state index contributed by atoms with van der Waals surface area (Å²) in [6, 6.07) is 14.5. The van der Waals surface area contributed by atoms with Crippen LogP contribution >= 0.6 is 0 Å². The maximum atomic E-state index is 12.3. The monoisotopic (exact) mass is 334 g/mol. The minimum Gasteiger partial charge on any atom is -0.348 e. The number of carbonyl (C=O) groups excluding carboxylic acids is 1. The number of aryl methyl sites for hydroxylation is 2. The van der Waals surface area contributed by atoms with Crippen molar-refractivity contribution < 1.29 is 4.79 Å². The van der Waals surface area contributed by atoms with Crippen molar-refractivity contribution in [3.05, 3.63) is 65.0 Å². The predicted molar refractivity (Wildman–Crippen MR) is 97.9 cm³/mol. The molecule has 0 saturated heterocycles. The molecule has 0 fully saturated rings. The molecule has 4 rings (SSSR count). The van der Waals surface area contributed by atoms with Gasteiger partial charge in [-0.15, -0.1) is 0 Å². The Morgan fingerprint density at radius 1 is 1.12 bits per heavy atom. The minimum atomic E-state index is 0.0385. The van der Waals surface area contributed by atoms with Crippen LogP contribution in [0.2, 0.25) is 0 Å². The van der Waals surface area contributed by atoms with Crippen LogP contribution in [0.1, 0.15) is 22.5 Å². The molecule has 0 radical (unpaired) electrons. The van der Waals surface area contributed by atoms with Crippen molar-refractivity contribution in [1.29, 1.82) is 0 Å². The molecule has 5 nitrogen and oxygen atoms in total. The summed E-state index contributed by atoms with van der Waals surface area (Å²) in [6.07, 6.45) is 0. The lowest BCUT2D eigenvalue weighted by atomic mass is 10.1. The van der Waals surface area contributed by atoms with Crippen molar-refractivity contribution in [3.63, 3.8) is 0 Å². The lowest BCUT2D eigenvalue weighted by Gasteiger charge is -2.14. The van der Waals surface area contributed by atoms with Gasteiger partial charge < -0.3 is 9.88 Å². The molecule has 0 atom stereocenters. The first-order valence-corrected chi connectivity index (χ1v) is 8.58. The van der Waals surface area contributed by atoms with Gasteiger partial charge in [-0.2, -0.15) is 0 Å². The molecule has 0 bridgehead atoms. The van der Waals surface area contributed by atoms with Gasteiger partial charge in [0, 0.05) is 20.1 Å². The fraction of sp³-hybridized carbons (Fsp3) is 0.300. The first-order valence-electron chi connectivity index (χ1n) is 8.58. The summed E-state index contributed by atoms with van der Waals surface area (Å²) in [5.41, 5.74) is 5.94. The summed E-state index contributed by atoms with van der Waals surface area (Å²) in [5, 5.41) is 3.01. The van der Waals surface area contributed by atoms with Crippen molar-refractivity contribution in [2.24, 2.45) is 7.05 Å². The van der Waals surface area contributed by atoms with E-state index in [9.17, 15) is 4.79 Å². The number of benzene rings is 2. The molecule has 3 aromatic rings. The van der Waals surface area contributed by atoms with Gasteiger partial charge >= 0.3 is 0 Å². The van der Waals surface area contributed by atoms with Gasteiger partial charge in [-0.3, -0.25) is 9.69 Å². The summed E-state index contributed by atoms with van der Waals surface area (Å²) in [6.45, 7) is 4.63. The second kappa shape index (κ2) is 6.33. The predicted octanol–water partition coefficient (Wildman–Crippen LogP) is 2.51. The standard InChI is InChI=1S/C20H22N4O/c1-14-6-5-9-17-20(14)23(2)18(22-17)10-21-19(25)13-24-11-15-7-3-4-8-16(15)12-24/h3-9H,10-13H2,1-2H3,(H,21,25). The van der Waals surface area contributed by atoms with Crippen molar-refractivity contribution in [3.8, 4) is 0 Å². The van der Waals surface area contributed by atoms with E-state index < -0.39 is 0 Å². The summed E-state index contributed by atoms with van der Waals surface area (Å²) >= 11 is 0. The van der Waals surface area contributed by atoms with Crippen LogP contribution in [-0.2, 0) is 31.5 Å². The Bertz CT molecular complexity index is 919. The number of para-hydroxylation sites is 1. The van der Waals surface area contributed by atoms with E-state index in [0.717, 1.165) is 29.9 Å². The van der Waals surface area contributed by atoms with E-state index >= 15 is 0 Å². The molecule has 0 aliphatic carbocycles. The first kappa shape index (κ1) is 15.8. The second-order valence-electron chi connectivity index (χ2n) is 6.72. The van der Waals surface area contributed by atoms with E-state index in [1.165, 1.54) is 16.7 Å². The summed E-state index contributed by atoms with van der Waals surface area (Å²) < 4.78 is 2.07. The Labute approximate surface area is 147 Å². The molecule has 1 aromatic heterocycles. The number of aromatic nitrogens is 2. The molecule has 2 aromatic carbocycles. The largest absolute Gasteiger partial charge is 0.348 e. The number of carbonyl (C=O) groups is 1. The molecule has 128 valence electrons. The number of amides is 1. The van der Waals surface area contributed by atoms with Crippen molar-refractivity contribution in [1.82, 2.24) is 19.8 Å². The molecule has 0 saturated carbocycles. The number of fused-ring (bicyclic) bond motifs is 2. The van der Waals surface area contributed by atoms with Gasteiger partial charge in [-0.1, -0.05) is 36.4 Å². The summed E-state index contributed by atoms with van der Waals surface area (Å²) in [7, 11) is 2.00.